The van der Waals surface area contributed by atoms with Crippen LogP contribution in [0.1, 0.15) is 0 Å². The molecule has 1 aliphatic heterocycles. The Kier molecular flexibility index (Phi) is 2.67. The summed E-state index contributed by atoms with van der Waals surface area (Å²) in [6.07, 6.45) is -1.07. The average molecular weight is 160 g/mol. The molecule has 0 aromatic rings. The van der Waals surface area contributed by atoms with Crippen LogP contribution in [0, 0.1) is 5.92 Å². The SMILES string of the molecule is O=C(O)NC(CO)C1CNC1. The summed E-state index contributed by atoms with van der Waals surface area (Å²) in [6.45, 7) is 1.44. The van der Waals surface area contributed by atoms with E-state index in [1.807, 2.05) is 0 Å². The minimum atomic E-state index is -1.07. The monoisotopic (exact) mass is 160 g/mol. The van der Waals surface area contributed by atoms with Crippen LogP contribution in [-0.4, -0.2) is 42.0 Å². The summed E-state index contributed by atoms with van der Waals surface area (Å²) in [5, 5.41) is 22.4. The second kappa shape index (κ2) is 3.54. The van der Waals surface area contributed by atoms with Gasteiger partial charge in [0.1, 0.15) is 0 Å². The number of hydrogen-bond donors (Lipinski definition) is 4. The molecule has 0 saturated carbocycles. The van der Waals surface area contributed by atoms with E-state index >= 15 is 0 Å². The second-order valence-corrected chi connectivity index (χ2v) is 2.66. The minimum Gasteiger partial charge on any atom is -0.465 e. The highest BCUT2D eigenvalue weighted by Crippen LogP contribution is 2.08. The molecule has 1 saturated heterocycles. The molecule has 64 valence electrons. The van der Waals surface area contributed by atoms with Gasteiger partial charge in [0.25, 0.3) is 0 Å². The maximum absolute atomic E-state index is 10.2. The van der Waals surface area contributed by atoms with E-state index in [9.17, 15) is 4.79 Å². The first kappa shape index (κ1) is 8.29. The summed E-state index contributed by atoms with van der Waals surface area (Å²) >= 11 is 0. The largest absolute Gasteiger partial charge is 0.465 e. The lowest BCUT2D eigenvalue weighted by atomic mass is 9.95. The van der Waals surface area contributed by atoms with Crippen molar-refractivity contribution >= 4 is 6.09 Å². The van der Waals surface area contributed by atoms with Crippen LogP contribution >= 0.6 is 0 Å². The smallest absolute Gasteiger partial charge is 0.404 e. The number of carboxylic acid groups (broad SMARTS) is 1. The number of aliphatic hydroxyl groups is 1. The van der Waals surface area contributed by atoms with E-state index in [0.717, 1.165) is 13.1 Å². The lowest BCUT2D eigenvalue weighted by Crippen LogP contribution is -2.55. The van der Waals surface area contributed by atoms with E-state index in [1.54, 1.807) is 0 Å². The molecule has 1 rings (SSSR count). The lowest BCUT2D eigenvalue weighted by molar-refractivity contribution is 0.143. The Labute approximate surface area is 64.4 Å². The molecule has 1 fully saturated rings. The molecule has 1 heterocycles. The molecule has 1 aliphatic rings. The molecule has 5 heteroatoms. The first-order valence-corrected chi connectivity index (χ1v) is 3.55. The van der Waals surface area contributed by atoms with Gasteiger partial charge in [-0.15, -0.1) is 0 Å². The van der Waals surface area contributed by atoms with Crippen molar-refractivity contribution in [3.8, 4) is 0 Å². The van der Waals surface area contributed by atoms with Gasteiger partial charge < -0.3 is 20.8 Å². The highest BCUT2D eigenvalue weighted by Gasteiger charge is 2.27. The number of rotatable bonds is 3. The zero-order chi connectivity index (χ0) is 8.27. The van der Waals surface area contributed by atoms with Crippen molar-refractivity contribution in [3.05, 3.63) is 0 Å². The Hall–Kier alpha value is -0.810. The van der Waals surface area contributed by atoms with Crippen LogP contribution in [0.2, 0.25) is 0 Å². The van der Waals surface area contributed by atoms with Crippen LogP contribution in [0.4, 0.5) is 4.79 Å². The second-order valence-electron chi connectivity index (χ2n) is 2.66. The molecule has 0 bridgehead atoms. The van der Waals surface area contributed by atoms with E-state index < -0.39 is 6.09 Å². The molecule has 0 aromatic carbocycles. The van der Waals surface area contributed by atoms with Gasteiger partial charge in [0.05, 0.1) is 12.6 Å². The summed E-state index contributed by atoms with van der Waals surface area (Å²) in [6, 6.07) is -0.311. The summed E-state index contributed by atoms with van der Waals surface area (Å²) in [7, 11) is 0. The van der Waals surface area contributed by atoms with E-state index in [0.29, 0.717) is 0 Å². The normalized spacial score (nSPS) is 20.5. The quantitative estimate of drug-likeness (QED) is 0.419. The van der Waals surface area contributed by atoms with Crippen molar-refractivity contribution in [2.75, 3.05) is 19.7 Å². The predicted octanol–water partition coefficient (Wildman–Crippen LogP) is -1.17. The van der Waals surface area contributed by atoms with Gasteiger partial charge >= 0.3 is 6.09 Å². The van der Waals surface area contributed by atoms with Crippen molar-refractivity contribution in [1.29, 1.82) is 0 Å². The van der Waals surface area contributed by atoms with Gasteiger partial charge in [-0.2, -0.15) is 0 Å². The molecular weight excluding hydrogens is 148 g/mol. The Bertz CT molecular complexity index is 147. The van der Waals surface area contributed by atoms with Crippen LogP contribution in [0.3, 0.4) is 0 Å². The minimum absolute atomic E-state index is 0.126. The third kappa shape index (κ3) is 2.06. The fourth-order valence-corrected chi connectivity index (χ4v) is 1.07. The highest BCUT2D eigenvalue weighted by atomic mass is 16.4. The van der Waals surface area contributed by atoms with E-state index in [4.69, 9.17) is 10.2 Å². The first-order valence-electron chi connectivity index (χ1n) is 3.55. The highest BCUT2D eigenvalue weighted by molar-refractivity contribution is 5.64. The van der Waals surface area contributed by atoms with Crippen LogP contribution < -0.4 is 10.6 Å². The van der Waals surface area contributed by atoms with Gasteiger partial charge in [-0.3, -0.25) is 0 Å². The first-order chi connectivity index (χ1) is 5.24. The molecular formula is C6H12N2O3. The maximum atomic E-state index is 10.2. The molecule has 5 nitrogen and oxygen atoms in total. The van der Waals surface area contributed by atoms with Crippen molar-refractivity contribution in [3.63, 3.8) is 0 Å². The van der Waals surface area contributed by atoms with Gasteiger partial charge in [-0.05, 0) is 0 Å². The number of nitrogens with one attached hydrogen (secondary N) is 2. The zero-order valence-corrected chi connectivity index (χ0v) is 6.08. The Morgan fingerprint density at radius 2 is 2.36 bits per heavy atom. The van der Waals surface area contributed by atoms with Gasteiger partial charge in [0, 0.05) is 19.0 Å². The molecule has 1 atom stereocenters. The Morgan fingerprint density at radius 3 is 2.64 bits per heavy atom. The van der Waals surface area contributed by atoms with Crippen molar-refractivity contribution < 1.29 is 15.0 Å². The fourth-order valence-electron chi connectivity index (χ4n) is 1.07. The molecule has 0 aromatic heterocycles. The molecule has 4 N–H and O–H groups in total. The topological polar surface area (TPSA) is 81.6 Å². The van der Waals surface area contributed by atoms with Gasteiger partial charge in [-0.25, -0.2) is 4.79 Å². The summed E-state index contributed by atoms with van der Waals surface area (Å²) < 4.78 is 0. The van der Waals surface area contributed by atoms with Crippen LogP contribution in [-0.2, 0) is 0 Å². The average Bonchev–Trinajstić information content (AvgIpc) is 1.81. The third-order valence-electron chi connectivity index (χ3n) is 1.89. The van der Waals surface area contributed by atoms with Gasteiger partial charge in [0.15, 0.2) is 0 Å². The summed E-state index contributed by atoms with van der Waals surface area (Å²) in [5.74, 6) is 0.246. The van der Waals surface area contributed by atoms with Crippen LogP contribution in [0.15, 0.2) is 0 Å². The molecule has 11 heavy (non-hydrogen) atoms. The standard InChI is InChI=1S/C6H12N2O3/c9-3-5(8-6(10)11)4-1-7-2-4/h4-5,7-9H,1-3H2,(H,10,11). The maximum Gasteiger partial charge on any atom is 0.404 e. The van der Waals surface area contributed by atoms with Crippen LogP contribution in [0.25, 0.3) is 0 Å². The molecule has 0 radical (unpaired) electrons. The number of hydrogen-bond acceptors (Lipinski definition) is 3. The molecule has 0 spiro atoms. The van der Waals surface area contributed by atoms with E-state index in [-0.39, 0.29) is 18.6 Å². The van der Waals surface area contributed by atoms with Gasteiger partial charge in [-0.1, -0.05) is 0 Å². The number of carbonyl (C=O) groups is 1. The molecule has 1 unspecified atom stereocenters. The van der Waals surface area contributed by atoms with E-state index in [1.165, 1.54) is 0 Å². The van der Waals surface area contributed by atoms with Gasteiger partial charge in [0.2, 0.25) is 0 Å². The zero-order valence-electron chi connectivity index (χ0n) is 6.08. The fraction of sp³-hybridized carbons (Fsp3) is 0.833. The third-order valence-corrected chi connectivity index (χ3v) is 1.89. The summed E-state index contributed by atoms with van der Waals surface area (Å²) in [4.78, 5) is 10.2. The van der Waals surface area contributed by atoms with Crippen molar-refractivity contribution in [1.82, 2.24) is 10.6 Å². The predicted molar refractivity (Wildman–Crippen MR) is 38.4 cm³/mol. The number of aliphatic hydroxyl groups excluding tert-OH is 1. The van der Waals surface area contributed by atoms with E-state index in [2.05, 4.69) is 10.6 Å². The van der Waals surface area contributed by atoms with Crippen LogP contribution in [0.5, 0.6) is 0 Å². The molecule has 0 aliphatic carbocycles. The Balaban J connectivity index is 2.29. The van der Waals surface area contributed by atoms with Crippen molar-refractivity contribution in [2.45, 2.75) is 6.04 Å². The van der Waals surface area contributed by atoms with Crippen molar-refractivity contribution in [2.24, 2.45) is 5.92 Å². The summed E-state index contributed by atoms with van der Waals surface area (Å²) in [5.41, 5.74) is 0. The lowest BCUT2D eigenvalue weighted by Gasteiger charge is -2.33. The molecule has 1 amide bonds. The number of amides is 1. The Morgan fingerprint density at radius 1 is 1.73 bits per heavy atom.